The van der Waals surface area contributed by atoms with E-state index in [2.05, 4.69) is 10.1 Å². The molecule has 3 aromatic heterocycles. The van der Waals surface area contributed by atoms with Gasteiger partial charge in [0.15, 0.2) is 0 Å². The molecular weight excluding hydrogens is 266 g/mol. The van der Waals surface area contributed by atoms with Gasteiger partial charge in [-0.15, -0.1) is 0 Å². The maximum Gasteiger partial charge on any atom is 0.250 e. The summed E-state index contributed by atoms with van der Waals surface area (Å²) in [6.45, 7) is 0. The fourth-order valence-corrected chi connectivity index (χ4v) is 2.20. The largest absolute Gasteiger partial charge is 0.383 e. The van der Waals surface area contributed by atoms with Crippen LogP contribution in [-0.2, 0) is 14.1 Å². The van der Waals surface area contributed by atoms with E-state index in [4.69, 9.17) is 5.73 Å². The number of rotatable bonds is 2. The first-order chi connectivity index (χ1) is 10.1. The molecule has 2 N–H and O–H groups in total. The second-order valence-electron chi connectivity index (χ2n) is 4.81. The number of anilines is 1. The number of pyridine rings is 2. The van der Waals surface area contributed by atoms with E-state index in [9.17, 15) is 4.79 Å². The smallest absolute Gasteiger partial charge is 0.250 e. The van der Waals surface area contributed by atoms with Crippen LogP contribution in [0.25, 0.3) is 22.5 Å². The van der Waals surface area contributed by atoms with Crippen molar-refractivity contribution in [2.24, 2.45) is 14.1 Å². The molecule has 0 aliphatic rings. The number of aryl methyl sites for hydroxylation is 2. The second-order valence-corrected chi connectivity index (χ2v) is 4.81. The predicted octanol–water partition coefficient (Wildman–Crippen LogP) is 1.43. The summed E-state index contributed by atoms with van der Waals surface area (Å²) < 4.78 is 3.10. The van der Waals surface area contributed by atoms with Crippen LogP contribution < -0.4 is 11.3 Å². The SMILES string of the molecule is Cn1nc(-c2ccn(C)c(=O)c2)c(-c2ccccn2)c1N. The van der Waals surface area contributed by atoms with Crippen molar-refractivity contribution in [1.82, 2.24) is 19.3 Å². The number of nitrogens with zero attached hydrogens (tertiary/aromatic N) is 4. The third kappa shape index (κ3) is 2.20. The van der Waals surface area contributed by atoms with E-state index in [-0.39, 0.29) is 5.56 Å². The lowest BCUT2D eigenvalue weighted by Gasteiger charge is -2.04. The van der Waals surface area contributed by atoms with Crippen molar-refractivity contribution in [2.75, 3.05) is 5.73 Å². The average molecular weight is 281 g/mol. The summed E-state index contributed by atoms with van der Waals surface area (Å²) in [6, 6.07) is 9.00. The fraction of sp³-hybridized carbons (Fsp3) is 0.133. The molecule has 0 unspecified atom stereocenters. The molecule has 21 heavy (non-hydrogen) atoms. The van der Waals surface area contributed by atoms with Crippen LogP contribution in [0.4, 0.5) is 5.82 Å². The van der Waals surface area contributed by atoms with Gasteiger partial charge in [0.25, 0.3) is 5.56 Å². The third-order valence-electron chi connectivity index (χ3n) is 3.39. The number of aromatic nitrogens is 4. The Balaban J connectivity index is 2.26. The number of hydrogen-bond acceptors (Lipinski definition) is 4. The minimum atomic E-state index is -0.0938. The highest BCUT2D eigenvalue weighted by molar-refractivity contribution is 5.86. The van der Waals surface area contributed by atoms with Crippen LogP contribution in [0, 0.1) is 0 Å². The van der Waals surface area contributed by atoms with Crippen molar-refractivity contribution in [2.45, 2.75) is 0 Å². The van der Waals surface area contributed by atoms with Gasteiger partial charge in [0, 0.05) is 38.1 Å². The Hall–Kier alpha value is -2.89. The first kappa shape index (κ1) is 13.1. The van der Waals surface area contributed by atoms with E-state index in [1.807, 2.05) is 24.3 Å². The van der Waals surface area contributed by atoms with Crippen LogP contribution in [0.2, 0.25) is 0 Å². The fourth-order valence-electron chi connectivity index (χ4n) is 2.20. The molecule has 3 rings (SSSR count). The number of hydrogen-bond donors (Lipinski definition) is 1. The highest BCUT2D eigenvalue weighted by Crippen LogP contribution is 2.33. The lowest BCUT2D eigenvalue weighted by molar-refractivity contribution is 0.781. The van der Waals surface area contributed by atoms with E-state index >= 15 is 0 Å². The minimum Gasteiger partial charge on any atom is -0.383 e. The minimum absolute atomic E-state index is 0.0938. The Morgan fingerprint density at radius 2 is 2.00 bits per heavy atom. The summed E-state index contributed by atoms with van der Waals surface area (Å²) in [5.41, 5.74) is 8.89. The molecule has 0 amide bonds. The topological polar surface area (TPSA) is 78.7 Å². The van der Waals surface area contributed by atoms with Gasteiger partial charge in [-0.2, -0.15) is 5.10 Å². The maximum atomic E-state index is 11.8. The van der Waals surface area contributed by atoms with Gasteiger partial charge in [0.2, 0.25) is 0 Å². The molecule has 6 nitrogen and oxygen atoms in total. The van der Waals surface area contributed by atoms with Crippen molar-refractivity contribution in [3.05, 3.63) is 53.1 Å². The lowest BCUT2D eigenvalue weighted by atomic mass is 10.1. The van der Waals surface area contributed by atoms with Gasteiger partial charge in [-0.25, -0.2) is 0 Å². The molecule has 0 aromatic carbocycles. The Morgan fingerprint density at radius 3 is 2.67 bits per heavy atom. The molecule has 0 spiro atoms. The van der Waals surface area contributed by atoms with Crippen molar-refractivity contribution in [3.8, 4) is 22.5 Å². The summed E-state index contributed by atoms with van der Waals surface area (Å²) in [4.78, 5) is 16.2. The van der Waals surface area contributed by atoms with Gasteiger partial charge in [0.1, 0.15) is 11.5 Å². The molecule has 0 radical (unpaired) electrons. The van der Waals surface area contributed by atoms with Crippen molar-refractivity contribution >= 4 is 5.82 Å². The Morgan fingerprint density at radius 1 is 1.19 bits per heavy atom. The highest BCUT2D eigenvalue weighted by Gasteiger charge is 2.18. The molecule has 0 saturated heterocycles. The first-order valence-electron chi connectivity index (χ1n) is 6.49. The van der Waals surface area contributed by atoms with Gasteiger partial charge in [-0.3, -0.25) is 14.5 Å². The summed E-state index contributed by atoms with van der Waals surface area (Å²) in [5, 5.41) is 4.43. The van der Waals surface area contributed by atoms with Crippen LogP contribution >= 0.6 is 0 Å². The van der Waals surface area contributed by atoms with Gasteiger partial charge in [0.05, 0.1) is 11.3 Å². The van der Waals surface area contributed by atoms with Crippen LogP contribution in [0.3, 0.4) is 0 Å². The summed E-state index contributed by atoms with van der Waals surface area (Å²) in [7, 11) is 3.48. The standard InChI is InChI=1S/C15H15N5O/c1-19-8-6-10(9-12(19)21)14-13(15(16)20(2)18-14)11-5-3-4-7-17-11/h3-9H,16H2,1-2H3. The summed E-state index contributed by atoms with van der Waals surface area (Å²) in [6.07, 6.45) is 3.42. The number of nitrogen functional groups attached to an aromatic ring is 1. The van der Waals surface area contributed by atoms with E-state index in [0.717, 1.165) is 16.8 Å². The quantitative estimate of drug-likeness (QED) is 0.770. The molecule has 0 atom stereocenters. The zero-order valence-corrected chi connectivity index (χ0v) is 11.8. The molecular formula is C15H15N5O. The molecule has 0 aliphatic heterocycles. The van der Waals surface area contributed by atoms with E-state index in [1.54, 1.807) is 37.2 Å². The van der Waals surface area contributed by atoms with Crippen molar-refractivity contribution in [1.29, 1.82) is 0 Å². The van der Waals surface area contributed by atoms with Crippen molar-refractivity contribution < 1.29 is 0 Å². The van der Waals surface area contributed by atoms with Crippen LogP contribution in [0.5, 0.6) is 0 Å². The Labute approximate surface area is 121 Å². The lowest BCUT2D eigenvalue weighted by Crippen LogP contribution is -2.14. The average Bonchev–Trinajstić information content (AvgIpc) is 2.79. The molecule has 6 heteroatoms. The van der Waals surface area contributed by atoms with Gasteiger partial charge in [-0.1, -0.05) is 6.07 Å². The highest BCUT2D eigenvalue weighted by atomic mass is 16.1. The summed E-state index contributed by atoms with van der Waals surface area (Å²) >= 11 is 0. The Kier molecular flexibility index (Phi) is 3.06. The number of nitrogens with two attached hydrogens (primary N) is 1. The maximum absolute atomic E-state index is 11.8. The van der Waals surface area contributed by atoms with Gasteiger partial charge >= 0.3 is 0 Å². The molecule has 3 heterocycles. The van der Waals surface area contributed by atoms with Crippen LogP contribution in [0.1, 0.15) is 0 Å². The zero-order chi connectivity index (χ0) is 15.0. The van der Waals surface area contributed by atoms with E-state index in [0.29, 0.717) is 11.5 Å². The van der Waals surface area contributed by atoms with Crippen LogP contribution in [0.15, 0.2) is 47.5 Å². The third-order valence-corrected chi connectivity index (χ3v) is 3.39. The van der Waals surface area contributed by atoms with E-state index < -0.39 is 0 Å². The first-order valence-corrected chi connectivity index (χ1v) is 6.49. The predicted molar refractivity (Wildman–Crippen MR) is 81.5 cm³/mol. The van der Waals surface area contributed by atoms with Crippen molar-refractivity contribution in [3.63, 3.8) is 0 Å². The zero-order valence-electron chi connectivity index (χ0n) is 11.8. The molecule has 0 bridgehead atoms. The molecule has 0 aliphatic carbocycles. The van der Waals surface area contributed by atoms with Crippen LogP contribution in [-0.4, -0.2) is 19.3 Å². The normalized spacial score (nSPS) is 10.8. The van der Waals surface area contributed by atoms with Gasteiger partial charge in [-0.05, 0) is 18.2 Å². The summed E-state index contributed by atoms with van der Waals surface area (Å²) in [5.74, 6) is 0.518. The molecule has 3 aromatic rings. The monoisotopic (exact) mass is 281 g/mol. The molecule has 106 valence electrons. The van der Waals surface area contributed by atoms with E-state index in [1.165, 1.54) is 4.57 Å². The molecule has 0 saturated carbocycles. The molecule has 0 fully saturated rings. The van der Waals surface area contributed by atoms with Gasteiger partial charge < -0.3 is 10.3 Å². The Bertz CT molecular complexity index is 848. The second kappa shape index (κ2) is 4.90.